The first kappa shape index (κ1) is 60.1. The number of hydrogen-bond acceptors (Lipinski definition) is 6. The van der Waals surface area contributed by atoms with Crippen molar-refractivity contribution in [1.29, 1.82) is 0 Å². The molecule has 0 spiro atoms. The summed E-state index contributed by atoms with van der Waals surface area (Å²) in [6, 6.07) is -0.611. The Morgan fingerprint density at radius 1 is 0.468 bits per heavy atom. The molecule has 0 bridgehead atoms. The molecule has 0 aliphatic heterocycles. The van der Waals surface area contributed by atoms with Crippen LogP contribution in [0.25, 0.3) is 0 Å². The Labute approximate surface area is 384 Å². The van der Waals surface area contributed by atoms with Gasteiger partial charge in [-0.1, -0.05) is 219 Å². The van der Waals surface area contributed by atoms with Crippen molar-refractivity contribution in [2.45, 2.75) is 276 Å². The number of rotatable bonds is 49. The molecule has 366 valence electrons. The van der Waals surface area contributed by atoms with E-state index in [-0.39, 0.29) is 36.2 Å². The minimum Gasteiger partial charge on any atom is -0.477 e. The van der Waals surface area contributed by atoms with Gasteiger partial charge in [-0.25, -0.2) is 4.79 Å². The van der Waals surface area contributed by atoms with Crippen LogP contribution in [0.2, 0.25) is 0 Å². The minimum atomic E-state index is -0.871. The number of aliphatic carboxylic acids is 1. The molecule has 0 aromatic heterocycles. The highest BCUT2D eigenvalue weighted by molar-refractivity contribution is 5.72. The van der Waals surface area contributed by atoms with Gasteiger partial charge in [0.2, 0.25) is 0 Å². The van der Waals surface area contributed by atoms with E-state index in [1.807, 2.05) is 21.1 Å². The Bertz CT molecular complexity index is 1020. The third kappa shape index (κ3) is 43.3. The van der Waals surface area contributed by atoms with Crippen LogP contribution in [0.1, 0.15) is 264 Å². The normalized spacial score (nSPS) is 12.9. The lowest BCUT2D eigenvalue weighted by molar-refractivity contribution is -0.887. The average Bonchev–Trinajstić information content (AvgIpc) is 3.23. The Morgan fingerprint density at radius 2 is 0.806 bits per heavy atom. The van der Waals surface area contributed by atoms with E-state index in [0.717, 1.165) is 38.5 Å². The summed E-state index contributed by atoms with van der Waals surface area (Å²) in [7, 11) is 5.55. The number of carboxylic acid groups (broad SMARTS) is 1. The lowest BCUT2D eigenvalue weighted by atomic mass is 10.0. The van der Waals surface area contributed by atoms with Crippen LogP contribution in [-0.4, -0.2) is 80.6 Å². The molecule has 1 N–H and O–H groups in total. The molecule has 0 saturated heterocycles. The Morgan fingerprint density at radius 3 is 1.16 bits per heavy atom. The van der Waals surface area contributed by atoms with E-state index in [9.17, 15) is 19.5 Å². The molecule has 8 nitrogen and oxygen atoms in total. The fourth-order valence-corrected chi connectivity index (χ4v) is 8.27. The van der Waals surface area contributed by atoms with E-state index >= 15 is 0 Å². The van der Waals surface area contributed by atoms with E-state index in [0.29, 0.717) is 19.3 Å². The molecule has 0 rings (SSSR count). The van der Waals surface area contributed by atoms with Crippen LogP contribution in [0.5, 0.6) is 0 Å². The predicted molar refractivity (Wildman–Crippen MR) is 262 cm³/mol. The van der Waals surface area contributed by atoms with Crippen LogP contribution in [-0.2, 0) is 28.6 Å². The van der Waals surface area contributed by atoms with Crippen LogP contribution in [0, 0.1) is 0 Å². The summed E-state index contributed by atoms with van der Waals surface area (Å²) >= 11 is 0. The van der Waals surface area contributed by atoms with Gasteiger partial charge in [0.25, 0.3) is 0 Å². The first-order chi connectivity index (χ1) is 30.1. The van der Waals surface area contributed by atoms with Gasteiger partial charge in [0, 0.05) is 19.3 Å². The van der Waals surface area contributed by atoms with Crippen molar-refractivity contribution in [1.82, 2.24) is 0 Å². The van der Waals surface area contributed by atoms with Crippen molar-refractivity contribution in [2.75, 3.05) is 41.0 Å². The van der Waals surface area contributed by atoms with Crippen LogP contribution < -0.4 is 0 Å². The van der Waals surface area contributed by atoms with Gasteiger partial charge in [-0.3, -0.25) is 9.59 Å². The van der Waals surface area contributed by atoms with Crippen molar-refractivity contribution in [3.63, 3.8) is 0 Å². The maximum absolute atomic E-state index is 12.8. The molecule has 2 atom stereocenters. The first-order valence-electron chi connectivity index (χ1n) is 26.7. The third-order valence-corrected chi connectivity index (χ3v) is 12.4. The van der Waals surface area contributed by atoms with Gasteiger partial charge < -0.3 is 23.8 Å². The average molecular weight is 879 g/mol. The van der Waals surface area contributed by atoms with Gasteiger partial charge in [-0.15, -0.1) is 0 Å². The van der Waals surface area contributed by atoms with E-state index in [2.05, 4.69) is 26.0 Å². The molecule has 0 fully saturated rings. The van der Waals surface area contributed by atoms with E-state index in [1.165, 1.54) is 193 Å². The van der Waals surface area contributed by atoms with E-state index < -0.39 is 18.1 Å². The van der Waals surface area contributed by atoms with Crippen LogP contribution in [0.15, 0.2) is 12.2 Å². The number of carbonyl (C=O) groups is 3. The number of allylic oxidation sites excluding steroid dienone is 2. The number of carbonyl (C=O) groups excluding carboxylic acids is 2. The maximum atomic E-state index is 12.8. The maximum Gasteiger partial charge on any atom is 0.362 e. The Kier molecular flexibility index (Phi) is 44.2. The Hall–Kier alpha value is -1.93. The SMILES string of the molecule is CCCCCCCC/C=C/CCCCCCCCCC(=O)OCC(COCCC(C(=O)O)[N+](C)(C)C)OC(=O)CCCCCCCCCCCCCCCCCCCCCCC. The van der Waals surface area contributed by atoms with Gasteiger partial charge in [0.15, 0.2) is 12.1 Å². The van der Waals surface area contributed by atoms with Gasteiger partial charge >= 0.3 is 17.9 Å². The molecular formula is C54H104NO7+. The quantitative estimate of drug-likeness (QED) is 0.0281. The van der Waals surface area contributed by atoms with Crippen LogP contribution in [0.3, 0.4) is 0 Å². The molecule has 0 amide bonds. The fourth-order valence-electron chi connectivity index (χ4n) is 8.27. The first-order valence-corrected chi connectivity index (χ1v) is 26.7. The van der Waals surface area contributed by atoms with Gasteiger partial charge in [-0.05, 0) is 38.5 Å². The van der Waals surface area contributed by atoms with E-state index in [1.54, 1.807) is 0 Å². The summed E-state index contributed by atoms with van der Waals surface area (Å²) in [4.78, 5) is 37.2. The number of nitrogens with zero attached hydrogens (tertiary/aromatic N) is 1. The number of unbranched alkanes of at least 4 members (excludes halogenated alkanes) is 33. The summed E-state index contributed by atoms with van der Waals surface area (Å²) in [6.45, 7) is 4.78. The number of esters is 2. The summed E-state index contributed by atoms with van der Waals surface area (Å²) < 4.78 is 17.4. The number of likely N-dealkylation sites (N-methyl/N-ethyl adjacent to an activating group) is 1. The Balaban J connectivity index is 4.18. The molecule has 0 aromatic carbocycles. The summed E-state index contributed by atoms with van der Waals surface area (Å²) in [5, 5.41) is 9.66. The standard InChI is InChI=1S/C54H103NO7/c1-6-8-10-12-14-16-18-20-22-24-25-26-27-29-31-33-35-37-39-41-43-45-53(57)62-50(48-60-47-46-51(54(58)59)55(3,4)5)49-61-52(56)44-42-40-38-36-34-32-30-28-23-21-19-17-15-13-11-9-7-2/h21,23,50-51H,6-20,22,24-49H2,1-5H3/p+1/b23-21+. The highest BCUT2D eigenvalue weighted by Crippen LogP contribution is 2.17. The highest BCUT2D eigenvalue weighted by Gasteiger charge is 2.31. The van der Waals surface area contributed by atoms with Crippen LogP contribution in [0.4, 0.5) is 0 Å². The summed E-state index contributed by atoms with van der Waals surface area (Å²) in [6.07, 6.45) is 51.2. The smallest absolute Gasteiger partial charge is 0.362 e. The van der Waals surface area contributed by atoms with Gasteiger partial charge in [0.1, 0.15) is 6.61 Å². The van der Waals surface area contributed by atoms with Crippen molar-refractivity contribution in [2.24, 2.45) is 0 Å². The lowest BCUT2D eigenvalue weighted by Gasteiger charge is -2.31. The van der Waals surface area contributed by atoms with Crippen molar-refractivity contribution in [3.8, 4) is 0 Å². The number of carboxylic acids is 1. The highest BCUT2D eigenvalue weighted by atomic mass is 16.6. The van der Waals surface area contributed by atoms with Crippen LogP contribution >= 0.6 is 0 Å². The van der Waals surface area contributed by atoms with Gasteiger partial charge in [0.05, 0.1) is 34.4 Å². The van der Waals surface area contributed by atoms with Gasteiger partial charge in [-0.2, -0.15) is 0 Å². The fraction of sp³-hybridized carbons (Fsp3) is 0.907. The van der Waals surface area contributed by atoms with Crippen molar-refractivity contribution in [3.05, 3.63) is 12.2 Å². The monoisotopic (exact) mass is 879 g/mol. The summed E-state index contributed by atoms with van der Waals surface area (Å²) in [5.74, 6) is -1.45. The lowest BCUT2D eigenvalue weighted by Crippen LogP contribution is -2.50. The third-order valence-electron chi connectivity index (χ3n) is 12.4. The second-order valence-corrected chi connectivity index (χ2v) is 19.5. The molecule has 0 aromatic rings. The van der Waals surface area contributed by atoms with E-state index in [4.69, 9.17) is 14.2 Å². The number of ether oxygens (including phenoxy) is 3. The molecule has 62 heavy (non-hydrogen) atoms. The zero-order valence-corrected chi connectivity index (χ0v) is 41.9. The summed E-state index contributed by atoms with van der Waals surface area (Å²) in [5.41, 5.74) is 0. The minimum absolute atomic E-state index is 0.0466. The zero-order chi connectivity index (χ0) is 45.6. The molecular weight excluding hydrogens is 775 g/mol. The molecule has 0 saturated carbocycles. The topological polar surface area (TPSA) is 99.1 Å². The molecule has 0 aliphatic carbocycles. The number of quaternary nitrogens is 1. The molecule has 0 radical (unpaired) electrons. The largest absolute Gasteiger partial charge is 0.477 e. The zero-order valence-electron chi connectivity index (χ0n) is 41.9. The second kappa shape index (κ2) is 45.6. The molecule has 0 heterocycles. The molecule has 8 heteroatoms. The van der Waals surface area contributed by atoms with Crippen molar-refractivity contribution < 1.29 is 38.2 Å². The molecule has 2 unspecified atom stereocenters. The number of hydrogen-bond donors (Lipinski definition) is 1. The predicted octanol–water partition coefficient (Wildman–Crippen LogP) is 15.4. The molecule has 0 aliphatic rings. The van der Waals surface area contributed by atoms with Crippen molar-refractivity contribution >= 4 is 17.9 Å². The second-order valence-electron chi connectivity index (χ2n) is 19.5.